The van der Waals surface area contributed by atoms with Gasteiger partial charge in [-0.2, -0.15) is 0 Å². The molecule has 134 valence electrons. The predicted molar refractivity (Wildman–Crippen MR) is 102 cm³/mol. The minimum absolute atomic E-state index is 0.707. The Bertz CT molecular complexity index is 457. The van der Waals surface area contributed by atoms with Crippen molar-refractivity contribution in [3.8, 4) is 0 Å². The molecule has 1 N–H and O–H groups in total. The summed E-state index contributed by atoms with van der Waals surface area (Å²) in [6, 6.07) is 13.1. The van der Waals surface area contributed by atoms with Gasteiger partial charge in [0.15, 0.2) is 0 Å². The van der Waals surface area contributed by atoms with E-state index in [0.717, 1.165) is 12.1 Å². The summed E-state index contributed by atoms with van der Waals surface area (Å²) in [6.45, 7) is 10.9. The van der Waals surface area contributed by atoms with Gasteiger partial charge in [0, 0.05) is 24.7 Å². The monoisotopic (exact) mass is 329 g/mol. The number of nitrogens with one attached hydrogen (secondary N) is 1. The van der Waals surface area contributed by atoms with Crippen LogP contribution in [0.2, 0.25) is 0 Å². The Morgan fingerprint density at radius 1 is 0.917 bits per heavy atom. The molecule has 0 atom stereocenters. The zero-order valence-electron chi connectivity index (χ0n) is 15.6. The largest absolute Gasteiger partial charge is 0.311 e. The maximum absolute atomic E-state index is 3.96. The van der Waals surface area contributed by atoms with Gasteiger partial charge in [0.05, 0.1) is 0 Å². The molecular weight excluding hydrogens is 294 g/mol. The highest BCUT2D eigenvalue weighted by Gasteiger charge is 2.25. The summed E-state index contributed by atoms with van der Waals surface area (Å²) in [5.74, 6) is 0. The molecule has 0 spiro atoms. The summed E-state index contributed by atoms with van der Waals surface area (Å²) < 4.78 is 0. The molecule has 24 heavy (non-hydrogen) atoms. The summed E-state index contributed by atoms with van der Waals surface area (Å²) in [5.41, 5.74) is 1.47. The third-order valence-corrected chi connectivity index (χ3v) is 5.88. The number of rotatable bonds is 6. The maximum Gasteiger partial charge on any atom is 0.00940 e. The van der Waals surface area contributed by atoms with Crippen LogP contribution in [0.3, 0.4) is 0 Å². The van der Waals surface area contributed by atoms with Gasteiger partial charge in [-0.15, -0.1) is 0 Å². The van der Waals surface area contributed by atoms with Crippen LogP contribution in [0.25, 0.3) is 0 Å². The van der Waals surface area contributed by atoms with Gasteiger partial charge in [0.25, 0.3) is 0 Å². The predicted octanol–water partition coefficient (Wildman–Crippen LogP) is 3.16. The highest BCUT2D eigenvalue weighted by molar-refractivity contribution is 5.14. The van der Waals surface area contributed by atoms with E-state index in [4.69, 9.17) is 0 Å². The van der Waals surface area contributed by atoms with E-state index in [1.807, 2.05) is 0 Å². The third-order valence-electron chi connectivity index (χ3n) is 5.88. The van der Waals surface area contributed by atoms with E-state index in [9.17, 15) is 0 Å². The van der Waals surface area contributed by atoms with Crippen molar-refractivity contribution < 1.29 is 0 Å². The van der Waals surface area contributed by atoms with Crippen LogP contribution in [-0.4, -0.2) is 60.6 Å². The second-order valence-electron chi connectivity index (χ2n) is 7.92. The van der Waals surface area contributed by atoms with Crippen LogP contribution in [0.15, 0.2) is 30.3 Å². The smallest absolute Gasteiger partial charge is 0.00940 e. The van der Waals surface area contributed by atoms with Crippen LogP contribution in [0, 0.1) is 0 Å². The van der Waals surface area contributed by atoms with Crippen molar-refractivity contribution in [2.75, 3.05) is 32.7 Å². The van der Waals surface area contributed by atoms with E-state index in [0.29, 0.717) is 6.04 Å². The summed E-state index contributed by atoms with van der Waals surface area (Å²) in [7, 11) is 0. The third kappa shape index (κ3) is 5.30. The lowest BCUT2D eigenvalue weighted by atomic mass is 9.98. The maximum atomic E-state index is 3.96. The second kappa shape index (κ2) is 8.98. The van der Waals surface area contributed by atoms with Gasteiger partial charge in [-0.3, -0.25) is 0 Å². The molecule has 3 rings (SSSR count). The summed E-state index contributed by atoms with van der Waals surface area (Å²) in [4.78, 5) is 5.26. The molecule has 0 saturated carbocycles. The van der Waals surface area contributed by atoms with Crippen molar-refractivity contribution in [2.24, 2.45) is 0 Å². The lowest BCUT2D eigenvalue weighted by Crippen LogP contribution is -2.50. The fraction of sp³-hybridized carbons (Fsp3) is 0.714. The molecule has 3 nitrogen and oxygen atoms in total. The molecule has 0 unspecified atom stereocenters. The standard InChI is InChI=1S/C21H35N3/c1-18(2)24-16-11-21(12-17-24)22-20-9-14-23(15-10-20)13-8-19-6-4-3-5-7-19/h3-7,18,20-22H,8-17H2,1-2H3. The van der Waals surface area contributed by atoms with E-state index >= 15 is 0 Å². The van der Waals surface area contributed by atoms with E-state index in [2.05, 4.69) is 59.3 Å². The summed E-state index contributed by atoms with van der Waals surface area (Å²) in [5, 5.41) is 3.96. The van der Waals surface area contributed by atoms with E-state index < -0.39 is 0 Å². The SMILES string of the molecule is CC(C)N1CCC(NC2CCN(CCc3ccccc3)CC2)CC1. The first kappa shape index (κ1) is 17.9. The van der Waals surface area contributed by atoms with Gasteiger partial charge in [-0.1, -0.05) is 30.3 Å². The molecule has 2 heterocycles. The Morgan fingerprint density at radius 2 is 1.50 bits per heavy atom. The normalized spacial score (nSPS) is 22.3. The fourth-order valence-corrected chi connectivity index (χ4v) is 4.17. The number of likely N-dealkylation sites (tertiary alicyclic amines) is 2. The highest BCUT2D eigenvalue weighted by Crippen LogP contribution is 2.17. The Labute approximate surface area is 148 Å². The molecule has 0 amide bonds. The molecule has 1 aromatic carbocycles. The number of hydrogen-bond acceptors (Lipinski definition) is 3. The van der Waals surface area contributed by atoms with Crippen LogP contribution in [0.4, 0.5) is 0 Å². The van der Waals surface area contributed by atoms with Crippen molar-refractivity contribution >= 4 is 0 Å². The average Bonchev–Trinajstić information content (AvgIpc) is 2.62. The van der Waals surface area contributed by atoms with Crippen LogP contribution < -0.4 is 5.32 Å². The molecule has 2 aliphatic heterocycles. The first-order chi connectivity index (χ1) is 11.7. The molecule has 1 aromatic rings. The molecular formula is C21H35N3. The van der Waals surface area contributed by atoms with Gasteiger partial charge < -0.3 is 15.1 Å². The van der Waals surface area contributed by atoms with Gasteiger partial charge in [0.1, 0.15) is 0 Å². The van der Waals surface area contributed by atoms with Crippen molar-refractivity contribution in [1.82, 2.24) is 15.1 Å². The van der Waals surface area contributed by atoms with Crippen LogP contribution >= 0.6 is 0 Å². The van der Waals surface area contributed by atoms with Crippen LogP contribution in [0.5, 0.6) is 0 Å². The zero-order chi connectivity index (χ0) is 16.8. The first-order valence-electron chi connectivity index (χ1n) is 9.97. The van der Waals surface area contributed by atoms with Gasteiger partial charge >= 0.3 is 0 Å². The number of benzene rings is 1. The molecule has 0 aromatic heterocycles. The molecule has 0 aliphatic carbocycles. The minimum Gasteiger partial charge on any atom is -0.311 e. The van der Waals surface area contributed by atoms with Crippen molar-refractivity contribution in [3.63, 3.8) is 0 Å². The number of hydrogen-bond donors (Lipinski definition) is 1. The molecule has 2 saturated heterocycles. The molecule has 0 bridgehead atoms. The molecule has 2 fully saturated rings. The minimum atomic E-state index is 0.707. The van der Waals surface area contributed by atoms with Gasteiger partial charge in [-0.05, 0) is 77.7 Å². The highest BCUT2D eigenvalue weighted by atomic mass is 15.2. The average molecular weight is 330 g/mol. The van der Waals surface area contributed by atoms with Crippen molar-refractivity contribution in [1.29, 1.82) is 0 Å². The first-order valence-corrected chi connectivity index (χ1v) is 9.97. The lowest BCUT2D eigenvalue weighted by Gasteiger charge is -2.39. The molecule has 0 radical (unpaired) electrons. The Hall–Kier alpha value is -0.900. The van der Waals surface area contributed by atoms with E-state index in [1.165, 1.54) is 70.4 Å². The van der Waals surface area contributed by atoms with Crippen LogP contribution in [-0.2, 0) is 6.42 Å². The topological polar surface area (TPSA) is 18.5 Å². The zero-order valence-corrected chi connectivity index (χ0v) is 15.6. The quantitative estimate of drug-likeness (QED) is 0.865. The van der Waals surface area contributed by atoms with E-state index in [1.54, 1.807) is 0 Å². The Morgan fingerprint density at radius 3 is 2.08 bits per heavy atom. The molecule has 2 aliphatic rings. The van der Waals surface area contributed by atoms with Gasteiger partial charge in [0.2, 0.25) is 0 Å². The summed E-state index contributed by atoms with van der Waals surface area (Å²) >= 11 is 0. The lowest BCUT2D eigenvalue weighted by molar-refractivity contribution is 0.141. The van der Waals surface area contributed by atoms with Crippen molar-refractivity contribution in [2.45, 2.75) is 64.1 Å². The van der Waals surface area contributed by atoms with Crippen molar-refractivity contribution in [3.05, 3.63) is 35.9 Å². The fourth-order valence-electron chi connectivity index (χ4n) is 4.17. The number of piperidine rings is 2. The second-order valence-corrected chi connectivity index (χ2v) is 7.92. The van der Waals surface area contributed by atoms with E-state index in [-0.39, 0.29) is 0 Å². The Balaban J connectivity index is 1.32. The number of nitrogens with zero attached hydrogens (tertiary/aromatic N) is 2. The van der Waals surface area contributed by atoms with Gasteiger partial charge in [-0.25, -0.2) is 0 Å². The Kier molecular flexibility index (Phi) is 6.70. The summed E-state index contributed by atoms with van der Waals surface area (Å²) in [6.07, 6.45) is 6.48. The van der Waals surface area contributed by atoms with Crippen LogP contribution in [0.1, 0.15) is 45.1 Å². The molecule has 3 heteroatoms.